The van der Waals surface area contributed by atoms with Crippen molar-refractivity contribution < 1.29 is 9.53 Å². The van der Waals surface area contributed by atoms with E-state index in [2.05, 4.69) is 20.3 Å². The standard InChI is InChI=1S/C21H25ClN6O3/c1-21(2,3)31-20(30)27-10-6-8-14(11-27)17-23-18-16(19(29)24-17)25-26-28(18)12-13-7-4-5-9-15(13)22/h4-5,7,9,14H,6,8,10-12H2,1-3H3,(H,23,24,29). The second-order valence-electron chi connectivity index (χ2n) is 8.73. The lowest BCUT2D eigenvalue weighted by molar-refractivity contribution is 0.0196. The number of hydrogen-bond acceptors (Lipinski definition) is 6. The van der Waals surface area contributed by atoms with Crippen molar-refractivity contribution >= 4 is 28.9 Å². The van der Waals surface area contributed by atoms with Gasteiger partial charge in [0, 0.05) is 24.0 Å². The Bertz CT molecular complexity index is 1170. The van der Waals surface area contributed by atoms with Crippen LogP contribution in [0, 0.1) is 0 Å². The zero-order valence-corrected chi connectivity index (χ0v) is 18.5. The summed E-state index contributed by atoms with van der Waals surface area (Å²) in [6.07, 6.45) is 1.24. The van der Waals surface area contributed by atoms with E-state index in [0.717, 1.165) is 18.4 Å². The first-order chi connectivity index (χ1) is 14.7. The van der Waals surface area contributed by atoms with Crippen LogP contribution < -0.4 is 5.56 Å². The molecule has 31 heavy (non-hydrogen) atoms. The largest absolute Gasteiger partial charge is 0.444 e. The highest BCUT2D eigenvalue weighted by molar-refractivity contribution is 6.31. The second kappa shape index (κ2) is 8.30. The molecule has 3 heterocycles. The molecule has 1 aliphatic heterocycles. The number of benzene rings is 1. The predicted octanol–water partition coefficient (Wildman–Crippen LogP) is 3.33. The molecule has 1 aliphatic rings. The molecule has 3 aromatic rings. The van der Waals surface area contributed by atoms with E-state index >= 15 is 0 Å². The fraction of sp³-hybridized carbons (Fsp3) is 0.476. The van der Waals surface area contributed by atoms with Crippen molar-refractivity contribution in [3.8, 4) is 0 Å². The molecule has 1 aromatic carbocycles. The van der Waals surface area contributed by atoms with Gasteiger partial charge in [-0.25, -0.2) is 14.5 Å². The number of carbonyl (C=O) groups excluding carboxylic acids is 1. The van der Waals surface area contributed by atoms with Crippen LogP contribution in [-0.4, -0.2) is 54.6 Å². The molecule has 0 saturated carbocycles. The third kappa shape index (κ3) is 4.71. The number of nitrogens with one attached hydrogen (secondary N) is 1. The molecule has 4 rings (SSSR count). The zero-order valence-electron chi connectivity index (χ0n) is 17.8. The van der Waals surface area contributed by atoms with Gasteiger partial charge in [0.1, 0.15) is 11.4 Å². The van der Waals surface area contributed by atoms with Crippen molar-refractivity contribution in [3.05, 3.63) is 51.0 Å². The molecule has 9 nitrogen and oxygen atoms in total. The van der Waals surface area contributed by atoms with Gasteiger partial charge in [0.25, 0.3) is 5.56 Å². The lowest BCUT2D eigenvalue weighted by Gasteiger charge is -2.33. The molecule has 1 unspecified atom stereocenters. The molecule has 0 aliphatic carbocycles. The van der Waals surface area contributed by atoms with Crippen LogP contribution in [0.2, 0.25) is 5.02 Å². The molecule has 10 heteroatoms. The molecule has 0 bridgehead atoms. The fourth-order valence-corrected chi connectivity index (χ4v) is 3.86. The highest BCUT2D eigenvalue weighted by atomic mass is 35.5. The molecule has 0 radical (unpaired) electrons. The minimum Gasteiger partial charge on any atom is -0.444 e. The van der Waals surface area contributed by atoms with E-state index in [9.17, 15) is 9.59 Å². The predicted molar refractivity (Wildman–Crippen MR) is 116 cm³/mol. The average molecular weight is 445 g/mol. The maximum atomic E-state index is 12.6. The van der Waals surface area contributed by atoms with Crippen molar-refractivity contribution in [1.29, 1.82) is 0 Å². The SMILES string of the molecule is CC(C)(C)OC(=O)N1CCCC(c2nc3c(nnn3Cc3ccccc3Cl)c(=O)[nH]2)C1. The molecule has 2 aromatic heterocycles. The third-order valence-corrected chi connectivity index (χ3v) is 5.50. The Morgan fingerprint density at radius 3 is 2.84 bits per heavy atom. The van der Waals surface area contributed by atoms with E-state index in [-0.39, 0.29) is 23.1 Å². The van der Waals surface area contributed by atoms with E-state index in [1.165, 1.54) is 0 Å². The van der Waals surface area contributed by atoms with Crippen LogP contribution in [0.4, 0.5) is 4.79 Å². The number of ether oxygens (including phenoxy) is 1. The van der Waals surface area contributed by atoms with Crippen molar-refractivity contribution in [2.24, 2.45) is 0 Å². The number of aromatic amines is 1. The van der Waals surface area contributed by atoms with Crippen LogP contribution in [0.15, 0.2) is 29.1 Å². The first-order valence-corrected chi connectivity index (χ1v) is 10.6. The number of piperidine rings is 1. The summed E-state index contributed by atoms with van der Waals surface area (Å²) in [5.74, 6) is 0.412. The van der Waals surface area contributed by atoms with Crippen LogP contribution >= 0.6 is 11.6 Å². The summed E-state index contributed by atoms with van der Waals surface area (Å²) in [5, 5.41) is 8.70. The number of likely N-dealkylation sites (tertiary alicyclic amines) is 1. The monoisotopic (exact) mass is 444 g/mol. The molecular weight excluding hydrogens is 420 g/mol. The Hall–Kier alpha value is -2.94. The second-order valence-corrected chi connectivity index (χ2v) is 9.13. The summed E-state index contributed by atoms with van der Waals surface area (Å²) >= 11 is 6.27. The topological polar surface area (TPSA) is 106 Å². The van der Waals surface area contributed by atoms with Crippen LogP contribution in [0.1, 0.15) is 50.9 Å². The minimum atomic E-state index is -0.563. The number of aromatic nitrogens is 5. The van der Waals surface area contributed by atoms with Gasteiger partial charge in [-0.1, -0.05) is 35.0 Å². The van der Waals surface area contributed by atoms with Crippen LogP contribution in [0.25, 0.3) is 11.2 Å². The number of halogens is 1. The van der Waals surface area contributed by atoms with E-state index in [1.807, 2.05) is 39.0 Å². The van der Waals surface area contributed by atoms with Gasteiger partial charge >= 0.3 is 6.09 Å². The summed E-state index contributed by atoms with van der Waals surface area (Å²) in [6, 6.07) is 7.43. The summed E-state index contributed by atoms with van der Waals surface area (Å²) in [7, 11) is 0. The Morgan fingerprint density at radius 1 is 1.32 bits per heavy atom. The summed E-state index contributed by atoms with van der Waals surface area (Å²) in [5.41, 5.74) is 0.517. The minimum absolute atomic E-state index is 0.109. The number of H-pyrrole nitrogens is 1. The number of amides is 1. The molecule has 1 atom stereocenters. The van der Waals surface area contributed by atoms with Gasteiger partial charge in [0.2, 0.25) is 0 Å². The Balaban J connectivity index is 1.61. The quantitative estimate of drug-likeness (QED) is 0.664. The van der Waals surface area contributed by atoms with Gasteiger partial charge in [0.05, 0.1) is 6.54 Å². The lowest BCUT2D eigenvalue weighted by Crippen LogP contribution is -2.42. The molecule has 0 spiro atoms. The highest BCUT2D eigenvalue weighted by Gasteiger charge is 2.30. The average Bonchev–Trinajstić information content (AvgIpc) is 3.12. The van der Waals surface area contributed by atoms with Crippen LogP contribution in [0.3, 0.4) is 0 Å². The summed E-state index contributed by atoms with van der Waals surface area (Å²) < 4.78 is 7.07. The number of nitrogens with zero attached hydrogens (tertiary/aromatic N) is 5. The first-order valence-electron chi connectivity index (χ1n) is 10.3. The normalized spacial score (nSPS) is 17.2. The third-order valence-electron chi connectivity index (χ3n) is 5.13. The number of fused-ring (bicyclic) bond motifs is 1. The van der Waals surface area contributed by atoms with E-state index < -0.39 is 5.60 Å². The molecule has 1 saturated heterocycles. The summed E-state index contributed by atoms with van der Waals surface area (Å²) in [4.78, 5) is 34.3. The Morgan fingerprint density at radius 2 is 2.10 bits per heavy atom. The molecule has 1 amide bonds. The maximum absolute atomic E-state index is 12.6. The molecular formula is C21H25ClN6O3. The Labute approximate surface area is 184 Å². The van der Waals surface area contributed by atoms with E-state index in [0.29, 0.717) is 36.1 Å². The van der Waals surface area contributed by atoms with Gasteiger partial charge < -0.3 is 14.6 Å². The van der Waals surface area contributed by atoms with Crippen molar-refractivity contribution in [1.82, 2.24) is 29.9 Å². The molecule has 1 N–H and O–H groups in total. The smallest absolute Gasteiger partial charge is 0.410 e. The molecule has 1 fully saturated rings. The zero-order chi connectivity index (χ0) is 22.2. The number of carbonyl (C=O) groups is 1. The van der Waals surface area contributed by atoms with Crippen molar-refractivity contribution in [3.63, 3.8) is 0 Å². The van der Waals surface area contributed by atoms with Crippen molar-refractivity contribution in [2.45, 2.75) is 51.7 Å². The fourth-order valence-electron chi connectivity index (χ4n) is 3.66. The van der Waals surface area contributed by atoms with Gasteiger partial charge in [0.15, 0.2) is 11.2 Å². The van der Waals surface area contributed by atoms with E-state index in [1.54, 1.807) is 15.6 Å². The first kappa shape index (κ1) is 21.3. The van der Waals surface area contributed by atoms with Gasteiger partial charge in [-0.3, -0.25) is 4.79 Å². The van der Waals surface area contributed by atoms with Gasteiger partial charge in [-0.15, -0.1) is 5.10 Å². The Kier molecular flexibility index (Phi) is 5.70. The number of hydrogen-bond donors (Lipinski definition) is 1. The maximum Gasteiger partial charge on any atom is 0.410 e. The highest BCUT2D eigenvalue weighted by Crippen LogP contribution is 2.26. The summed E-state index contributed by atoms with van der Waals surface area (Å²) in [6.45, 7) is 6.91. The van der Waals surface area contributed by atoms with Gasteiger partial charge in [-0.2, -0.15) is 0 Å². The van der Waals surface area contributed by atoms with Crippen LogP contribution in [0.5, 0.6) is 0 Å². The van der Waals surface area contributed by atoms with Crippen molar-refractivity contribution in [2.75, 3.05) is 13.1 Å². The lowest BCUT2D eigenvalue weighted by atomic mass is 9.97. The molecule has 164 valence electrons. The number of rotatable bonds is 3. The van der Waals surface area contributed by atoms with Crippen LogP contribution in [-0.2, 0) is 11.3 Å². The van der Waals surface area contributed by atoms with E-state index in [4.69, 9.17) is 16.3 Å². The van der Waals surface area contributed by atoms with Gasteiger partial charge in [-0.05, 0) is 45.2 Å².